The molecule has 4 heteroatoms. The summed E-state index contributed by atoms with van der Waals surface area (Å²) in [6.07, 6.45) is 1.93. The van der Waals surface area contributed by atoms with Crippen LogP contribution in [0.15, 0.2) is 54.6 Å². The fraction of sp³-hybridized carbons (Fsp3) is 0.381. The highest BCUT2D eigenvalue weighted by molar-refractivity contribution is 7.80. The van der Waals surface area contributed by atoms with Gasteiger partial charge < -0.3 is 15.0 Å². The third kappa shape index (κ3) is 6.05. The molecular weight excluding hydrogens is 328 g/mol. The molecule has 2 rings (SSSR count). The molecule has 0 spiro atoms. The molecule has 0 aromatic heterocycles. The summed E-state index contributed by atoms with van der Waals surface area (Å²) in [6.45, 7) is 6.12. The smallest absolute Gasteiger partial charge is 0.169 e. The Hall–Kier alpha value is -2.07. The van der Waals surface area contributed by atoms with Gasteiger partial charge in [-0.2, -0.15) is 0 Å². The normalized spacial score (nSPS) is 11.6. The lowest BCUT2D eigenvalue weighted by Crippen LogP contribution is -2.46. The monoisotopic (exact) mass is 356 g/mol. The first-order valence-corrected chi connectivity index (χ1v) is 9.26. The van der Waals surface area contributed by atoms with Crippen LogP contribution in [0.2, 0.25) is 0 Å². The van der Waals surface area contributed by atoms with Crippen molar-refractivity contribution >= 4 is 17.3 Å². The van der Waals surface area contributed by atoms with Crippen LogP contribution in [0.25, 0.3) is 0 Å². The van der Waals surface area contributed by atoms with E-state index in [1.807, 2.05) is 18.2 Å². The van der Waals surface area contributed by atoms with Crippen molar-refractivity contribution in [3.8, 4) is 5.75 Å². The van der Waals surface area contributed by atoms with Gasteiger partial charge in [0.15, 0.2) is 5.11 Å². The van der Waals surface area contributed by atoms with Gasteiger partial charge in [0.1, 0.15) is 5.75 Å². The number of ether oxygens (including phenoxy) is 1. The molecule has 0 aliphatic heterocycles. The third-order valence-corrected chi connectivity index (χ3v) is 4.74. The minimum atomic E-state index is 0.343. The minimum Gasteiger partial charge on any atom is -0.497 e. The molecule has 0 fully saturated rings. The predicted octanol–water partition coefficient (Wildman–Crippen LogP) is 4.07. The summed E-state index contributed by atoms with van der Waals surface area (Å²) in [5.41, 5.74) is 2.62. The lowest BCUT2D eigenvalue weighted by atomic mass is 10.1. The van der Waals surface area contributed by atoms with E-state index in [9.17, 15) is 0 Å². The molecular formula is C21H28N2OS. The Morgan fingerprint density at radius 3 is 2.36 bits per heavy atom. The molecule has 0 saturated heterocycles. The summed E-state index contributed by atoms with van der Waals surface area (Å²) in [7, 11) is 1.69. The van der Waals surface area contributed by atoms with E-state index in [2.05, 4.69) is 60.5 Å². The maximum Gasteiger partial charge on any atom is 0.169 e. The van der Waals surface area contributed by atoms with Crippen molar-refractivity contribution in [2.45, 2.75) is 32.7 Å². The molecule has 134 valence electrons. The Balaban J connectivity index is 1.84. The molecule has 2 aromatic rings. The van der Waals surface area contributed by atoms with E-state index >= 15 is 0 Å². The zero-order valence-electron chi connectivity index (χ0n) is 15.4. The van der Waals surface area contributed by atoms with Crippen LogP contribution in [-0.2, 0) is 12.8 Å². The predicted molar refractivity (Wildman–Crippen MR) is 109 cm³/mol. The van der Waals surface area contributed by atoms with Crippen molar-refractivity contribution in [2.75, 3.05) is 20.2 Å². The van der Waals surface area contributed by atoms with E-state index in [0.717, 1.165) is 36.8 Å². The van der Waals surface area contributed by atoms with Crippen molar-refractivity contribution in [2.24, 2.45) is 0 Å². The van der Waals surface area contributed by atoms with Gasteiger partial charge in [0.25, 0.3) is 0 Å². The van der Waals surface area contributed by atoms with Crippen LogP contribution < -0.4 is 10.1 Å². The van der Waals surface area contributed by atoms with Gasteiger partial charge in [0, 0.05) is 19.1 Å². The summed E-state index contributed by atoms with van der Waals surface area (Å²) < 4.78 is 5.22. The van der Waals surface area contributed by atoms with Crippen molar-refractivity contribution in [1.82, 2.24) is 10.2 Å². The highest BCUT2D eigenvalue weighted by atomic mass is 32.1. The molecule has 0 bridgehead atoms. The number of hydrogen-bond acceptors (Lipinski definition) is 2. The Morgan fingerprint density at radius 2 is 1.76 bits per heavy atom. The molecule has 1 atom stereocenters. The largest absolute Gasteiger partial charge is 0.497 e. The van der Waals surface area contributed by atoms with Crippen LogP contribution in [0.5, 0.6) is 5.75 Å². The average Bonchev–Trinajstić information content (AvgIpc) is 2.64. The lowest BCUT2D eigenvalue weighted by molar-refractivity contribution is 0.338. The maximum absolute atomic E-state index is 5.62. The van der Waals surface area contributed by atoms with E-state index in [4.69, 9.17) is 17.0 Å². The second kappa shape index (κ2) is 10.0. The second-order valence-corrected chi connectivity index (χ2v) is 6.54. The van der Waals surface area contributed by atoms with Crippen LogP contribution in [0.4, 0.5) is 0 Å². The van der Waals surface area contributed by atoms with Crippen LogP contribution in [0.1, 0.15) is 25.0 Å². The van der Waals surface area contributed by atoms with Crippen molar-refractivity contribution < 1.29 is 4.74 Å². The summed E-state index contributed by atoms with van der Waals surface area (Å²) in [5.74, 6) is 0.891. The van der Waals surface area contributed by atoms with E-state index in [1.54, 1.807) is 7.11 Å². The van der Waals surface area contributed by atoms with E-state index in [0.29, 0.717) is 6.04 Å². The lowest BCUT2D eigenvalue weighted by Gasteiger charge is -2.31. The summed E-state index contributed by atoms with van der Waals surface area (Å²) in [6, 6.07) is 19.1. The number of nitrogens with one attached hydrogen (secondary N) is 1. The van der Waals surface area contributed by atoms with E-state index < -0.39 is 0 Å². The summed E-state index contributed by atoms with van der Waals surface area (Å²) in [5, 5.41) is 4.24. The van der Waals surface area contributed by atoms with Gasteiger partial charge >= 0.3 is 0 Å². The number of nitrogens with zero attached hydrogens (tertiary/aromatic N) is 1. The van der Waals surface area contributed by atoms with Crippen LogP contribution >= 0.6 is 12.2 Å². The number of benzene rings is 2. The van der Waals surface area contributed by atoms with Gasteiger partial charge in [-0.1, -0.05) is 42.5 Å². The molecule has 0 amide bonds. The van der Waals surface area contributed by atoms with Crippen molar-refractivity contribution in [3.63, 3.8) is 0 Å². The van der Waals surface area contributed by atoms with E-state index in [1.165, 1.54) is 11.1 Å². The Kier molecular flexibility index (Phi) is 7.74. The second-order valence-electron chi connectivity index (χ2n) is 6.15. The van der Waals surface area contributed by atoms with Gasteiger partial charge in [-0.3, -0.25) is 0 Å². The zero-order chi connectivity index (χ0) is 18.1. The standard InChI is InChI=1S/C21H28N2OS/c1-4-23(17(2)16-19-10-12-20(24-3)13-11-19)21(25)22-15-14-18-8-6-5-7-9-18/h5-13,17H,4,14-16H2,1-3H3,(H,22,25). The molecule has 3 nitrogen and oxygen atoms in total. The van der Waals surface area contributed by atoms with Gasteiger partial charge in [0.2, 0.25) is 0 Å². The minimum absolute atomic E-state index is 0.343. The fourth-order valence-corrected chi connectivity index (χ4v) is 3.34. The first kappa shape index (κ1) is 19.3. The zero-order valence-corrected chi connectivity index (χ0v) is 16.2. The average molecular weight is 357 g/mol. The number of thiocarbonyl (C=S) groups is 1. The molecule has 0 radical (unpaired) electrons. The number of rotatable bonds is 8. The van der Waals surface area contributed by atoms with Gasteiger partial charge in [-0.05, 0) is 62.2 Å². The molecule has 2 aromatic carbocycles. The molecule has 0 saturated carbocycles. The number of hydrogen-bond donors (Lipinski definition) is 1. The van der Waals surface area contributed by atoms with Crippen molar-refractivity contribution in [1.29, 1.82) is 0 Å². The van der Waals surface area contributed by atoms with Gasteiger partial charge in [-0.25, -0.2) is 0 Å². The maximum atomic E-state index is 5.62. The van der Waals surface area contributed by atoms with Crippen LogP contribution in [-0.4, -0.2) is 36.3 Å². The Labute approximate surface area is 157 Å². The van der Waals surface area contributed by atoms with Gasteiger partial charge in [-0.15, -0.1) is 0 Å². The molecule has 25 heavy (non-hydrogen) atoms. The Bertz CT molecular complexity index is 643. The first-order chi connectivity index (χ1) is 12.1. The number of methoxy groups -OCH3 is 1. The highest BCUT2D eigenvalue weighted by Crippen LogP contribution is 2.14. The van der Waals surface area contributed by atoms with Crippen LogP contribution in [0, 0.1) is 0 Å². The molecule has 0 aliphatic rings. The first-order valence-electron chi connectivity index (χ1n) is 8.85. The Morgan fingerprint density at radius 1 is 1.08 bits per heavy atom. The molecule has 1 unspecified atom stereocenters. The van der Waals surface area contributed by atoms with Gasteiger partial charge in [0.05, 0.1) is 7.11 Å². The highest BCUT2D eigenvalue weighted by Gasteiger charge is 2.15. The van der Waals surface area contributed by atoms with E-state index in [-0.39, 0.29) is 0 Å². The van der Waals surface area contributed by atoms with Crippen LogP contribution in [0.3, 0.4) is 0 Å². The topological polar surface area (TPSA) is 24.5 Å². The summed E-state index contributed by atoms with van der Waals surface area (Å²) >= 11 is 5.62. The fourth-order valence-electron chi connectivity index (χ4n) is 2.93. The molecule has 0 aliphatic carbocycles. The summed E-state index contributed by atoms with van der Waals surface area (Å²) in [4.78, 5) is 2.25. The quantitative estimate of drug-likeness (QED) is 0.721. The molecule has 1 N–H and O–H groups in total. The third-order valence-electron chi connectivity index (χ3n) is 4.36. The van der Waals surface area contributed by atoms with Crippen molar-refractivity contribution in [3.05, 3.63) is 65.7 Å². The number of likely N-dealkylation sites (N-methyl/N-ethyl adjacent to an activating group) is 1. The molecule has 0 heterocycles. The SMILES string of the molecule is CCN(C(=S)NCCc1ccccc1)C(C)Cc1ccc(OC)cc1.